The minimum atomic E-state index is -1.27. The summed E-state index contributed by atoms with van der Waals surface area (Å²) in [5, 5.41) is 10.7. The van der Waals surface area contributed by atoms with Crippen LogP contribution in [0.1, 0.15) is 39.2 Å². The summed E-state index contributed by atoms with van der Waals surface area (Å²) in [5.74, 6) is 0. The summed E-state index contributed by atoms with van der Waals surface area (Å²) < 4.78 is 5.49. The van der Waals surface area contributed by atoms with Crippen molar-refractivity contribution in [3.63, 3.8) is 0 Å². The van der Waals surface area contributed by atoms with Crippen molar-refractivity contribution < 1.29 is 14.6 Å². The first-order valence-corrected chi connectivity index (χ1v) is 7.17. The van der Waals surface area contributed by atoms with Gasteiger partial charge in [-0.05, 0) is 38.7 Å². The van der Waals surface area contributed by atoms with Crippen molar-refractivity contribution in [1.29, 1.82) is 0 Å². The van der Waals surface area contributed by atoms with Gasteiger partial charge in [0.05, 0.1) is 0 Å². The van der Waals surface area contributed by atoms with Gasteiger partial charge in [0.1, 0.15) is 0 Å². The smallest absolute Gasteiger partial charge is 0.412 e. The molecule has 1 aliphatic rings. The van der Waals surface area contributed by atoms with E-state index in [1.807, 2.05) is 44.2 Å². The van der Waals surface area contributed by atoms with E-state index in [9.17, 15) is 9.90 Å². The lowest BCUT2D eigenvalue weighted by molar-refractivity contribution is -0.139. The second-order valence-corrected chi connectivity index (χ2v) is 5.76. The fraction of sp³-hybridized carbons (Fsp3) is 0.562. The normalized spacial score (nSPS) is 29.6. The number of carbonyl (C=O) groups excluding carboxylic acids is 1. The molecule has 4 nitrogen and oxygen atoms in total. The molecule has 0 spiro atoms. The maximum atomic E-state index is 12.0. The molecule has 20 heavy (non-hydrogen) atoms. The van der Waals surface area contributed by atoms with E-state index in [4.69, 9.17) is 4.74 Å². The van der Waals surface area contributed by atoms with E-state index in [0.717, 1.165) is 12.8 Å². The fourth-order valence-corrected chi connectivity index (χ4v) is 2.66. The molecule has 0 radical (unpaired) electrons. The van der Waals surface area contributed by atoms with E-state index >= 15 is 0 Å². The van der Waals surface area contributed by atoms with Crippen molar-refractivity contribution in [3.8, 4) is 0 Å². The van der Waals surface area contributed by atoms with Gasteiger partial charge in [0, 0.05) is 6.54 Å². The van der Waals surface area contributed by atoms with Crippen molar-refractivity contribution >= 4 is 6.09 Å². The van der Waals surface area contributed by atoms with Crippen molar-refractivity contribution in [2.45, 2.75) is 51.4 Å². The van der Waals surface area contributed by atoms with Gasteiger partial charge in [0.15, 0.2) is 11.3 Å². The van der Waals surface area contributed by atoms with Crippen LogP contribution in [0, 0.1) is 0 Å². The SMILES string of the molecule is CCCN1C(=O)OC(C)(CCc2ccccc2)C1(C)O. The Morgan fingerprint density at radius 1 is 1.25 bits per heavy atom. The highest BCUT2D eigenvalue weighted by atomic mass is 16.6. The van der Waals surface area contributed by atoms with Gasteiger partial charge in [-0.2, -0.15) is 0 Å². The van der Waals surface area contributed by atoms with E-state index in [0.29, 0.717) is 13.0 Å². The average molecular weight is 277 g/mol. The molecule has 1 amide bonds. The largest absolute Gasteiger partial charge is 0.438 e. The average Bonchev–Trinajstić information content (AvgIpc) is 2.58. The molecule has 1 aromatic rings. The summed E-state index contributed by atoms with van der Waals surface area (Å²) >= 11 is 0. The molecule has 1 aliphatic heterocycles. The lowest BCUT2D eigenvalue weighted by Crippen LogP contribution is -2.55. The first-order valence-electron chi connectivity index (χ1n) is 7.17. The van der Waals surface area contributed by atoms with Crippen LogP contribution in [0.4, 0.5) is 4.79 Å². The van der Waals surface area contributed by atoms with Crippen LogP contribution >= 0.6 is 0 Å². The van der Waals surface area contributed by atoms with E-state index < -0.39 is 17.4 Å². The molecule has 2 unspecified atom stereocenters. The van der Waals surface area contributed by atoms with E-state index in [1.54, 1.807) is 6.92 Å². The van der Waals surface area contributed by atoms with Crippen molar-refractivity contribution in [3.05, 3.63) is 35.9 Å². The van der Waals surface area contributed by atoms with E-state index in [2.05, 4.69) is 0 Å². The summed E-state index contributed by atoms with van der Waals surface area (Å²) in [4.78, 5) is 13.4. The number of ether oxygens (including phenoxy) is 1. The van der Waals surface area contributed by atoms with Gasteiger partial charge in [-0.3, -0.25) is 4.90 Å². The standard InChI is InChI=1S/C16H23NO3/c1-4-12-17-14(18)20-15(2,16(17,3)19)11-10-13-8-6-5-7-9-13/h5-9,19H,4,10-12H2,1-3H3. The van der Waals surface area contributed by atoms with Crippen molar-refractivity contribution in [2.75, 3.05) is 6.54 Å². The number of cyclic esters (lactones) is 1. The van der Waals surface area contributed by atoms with Gasteiger partial charge in [-0.1, -0.05) is 37.3 Å². The fourth-order valence-electron chi connectivity index (χ4n) is 2.66. The Labute approximate surface area is 120 Å². The summed E-state index contributed by atoms with van der Waals surface area (Å²) in [6.45, 7) is 5.96. The van der Waals surface area contributed by atoms with Crippen LogP contribution in [0.25, 0.3) is 0 Å². The molecular formula is C16H23NO3. The zero-order valence-electron chi connectivity index (χ0n) is 12.4. The number of hydrogen-bond acceptors (Lipinski definition) is 3. The van der Waals surface area contributed by atoms with Gasteiger partial charge >= 0.3 is 6.09 Å². The summed E-state index contributed by atoms with van der Waals surface area (Å²) in [7, 11) is 0. The number of rotatable bonds is 5. The molecule has 1 N–H and O–H groups in total. The second-order valence-electron chi connectivity index (χ2n) is 5.76. The minimum absolute atomic E-state index is 0.424. The highest BCUT2D eigenvalue weighted by Gasteiger charge is 2.58. The molecule has 2 atom stereocenters. The predicted molar refractivity (Wildman–Crippen MR) is 77.3 cm³/mol. The van der Waals surface area contributed by atoms with Gasteiger partial charge in [-0.25, -0.2) is 4.79 Å². The number of aliphatic hydroxyl groups is 1. The van der Waals surface area contributed by atoms with Crippen LogP contribution in [0.5, 0.6) is 0 Å². The number of nitrogens with zero attached hydrogens (tertiary/aromatic N) is 1. The number of amides is 1. The lowest BCUT2D eigenvalue weighted by atomic mass is 9.87. The molecule has 4 heteroatoms. The Kier molecular flexibility index (Phi) is 4.04. The Morgan fingerprint density at radius 3 is 2.50 bits per heavy atom. The molecule has 0 saturated carbocycles. The number of hydrogen-bond donors (Lipinski definition) is 1. The first kappa shape index (κ1) is 14.9. The number of benzene rings is 1. The molecule has 2 rings (SSSR count). The molecule has 0 aromatic heterocycles. The van der Waals surface area contributed by atoms with Gasteiger partial charge in [-0.15, -0.1) is 0 Å². The molecule has 1 saturated heterocycles. The predicted octanol–water partition coefficient (Wildman–Crippen LogP) is 2.95. The Morgan fingerprint density at radius 2 is 1.90 bits per heavy atom. The highest BCUT2D eigenvalue weighted by molar-refractivity contribution is 5.72. The van der Waals surface area contributed by atoms with Gasteiger partial charge < -0.3 is 9.84 Å². The Balaban J connectivity index is 2.11. The van der Waals surface area contributed by atoms with Crippen LogP contribution in [-0.4, -0.2) is 34.0 Å². The minimum Gasteiger partial charge on any atom is -0.438 e. The molecule has 1 aromatic carbocycles. The third-order valence-corrected chi connectivity index (χ3v) is 4.24. The second kappa shape index (κ2) is 5.44. The zero-order valence-corrected chi connectivity index (χ0v) is 12.4. The van der Waals surface area contributed by atoms with E-state index in [-0.39, 0.29) is 0 Å². The number of carbonyl (C=O) groups is 1. The maximum absolute atomic E-state index is 12.0. The van der Waals surface area contributed by atoms with Gasteiger partial charge in [0.2, 0.25) is 0 Å². The van der Waals surface area contributed by atoms with Crippen LogP contribution in [-0.2, 0) is 11.2 Å². The molecule has 0 aliphatic carbocycles. The van der Waals surface area contributed by atoms with Crippen LogP contribution in [0.15, 0.2) is 30.3 Å². The lowest BCUT2D eigenvalue weighted by Gasteiger charge is -2.37. The van der Waals surface area contributed by atoms with Crippen molar-refractivity contribution in [1.82, 2.24) is 4.90 Å². The maximum Gasteiger partial charge on any atom is 0.412 e. The quantitative estimate of drug-likeness (QED) is 0.900. The van der Waals surface area contributed by atoms with Gasteiger partial charge in [0.25, 0.3) is 0 Å². The van der Waals surface area contributed by atoms with Crippen LogP contribution in [0.3, 0.4) is 0 Å². The topological polar surface area (TPSA) is 49.8 Å². The Bertz CT molecular complexity index is 472. The summed E-state index contributed by atoms with van der Waals surface area (Å²) in [6, 6.07) is 10.0. The number of aryl methyl sites for hydroxylation is 1. The summed E-state index contributed by atoms with van der Waals surface area (Å²) in [5.41, 5.74) is -0.973. The molecule has 1 heterocycles. The monoisotopic (exact) mass is 277 g/mol. The van der Waals surface area contributed by atoms with E-state index in [1.165, 1.54) is 10.5 Å². The van der Waals surface area contributed by atoms with Crippen LogP contribution < -0.4 is 0 Å². The first-order chi connectivity index (χ1) is 9.40. The molecule has 110 valence electrons. The van der Waals surface area contributed by atoms with Crippen molar-refractivity contribution in [2.24, 2.45) is 0 Å². The third kappa shape index (κ3) is 2.52. The highest BCUT2D eigenvalue weighted by Crippen LogP contribution is 2.40. The zero-order chi connectivity index (χ0) is 14.8. The third-order valence-electron chi connectivity index (χ3n) is 4.24. The summed E-state index contributed by atoms with van der Waals surface area (Å²) in [6.07, 6.45) is 1.73. The molecule has 1 fully saturated rings. The Hall–Kier alpha value is -1.55. The molecule has 0 bridgehead atoms. The molecular weight excluding hydrogens is 254 g/mol. The van der Waals surface area contributed by atoms with Crippen LogP contribution in [0.2, 0.25) is 0 Å².